The molecule has 2 nitrogen and oxygen atoms in total. The Balaban J connectivity index is 2.65. The molecule has 108 valence electrons. The molecule has 0 saturated heterocycles. The van der Waals surface area contributed by atoms with Gasteiger partial charge in [-0.3, -0.25) is 0 Å². The standard InChI is InChI=1S/C15H24F2N2/c1-10(2)7-11(3)19(4)9-15(18)13-6-5-12(16)8-14(13)17/h5-6,8,10-11,15H,7,9,18H2,1-4H3. The fourth-order valence-electron chi connectivity index (χ4n) is 2.25. The molecular formula is C15H24F2N2. The van der Waals surface area contributed by atoms with Gasteiger partial charge in [0.05, 0.1) is 0 Å². The van der Waals surface area contributed by atoms with Gasteiger partial charge in [0.1, 0.15) is 11.6 Å². The molecule has 0 radical (unpaired) electrons. The molecule has 0 aromatic heterocycles. The van der Waals surface area contributed by atoms with Crippen LogP contribution in [-0.2, 0) is 0 Å². The fraction of sp³-hybridized carbons (Fsp3) is 0.600. The molecule has 2 unspecified atom stereocenters. The van der Waals surface area contributed by atoms with Crippen molar-refractivity contribution in [2.75, 3.05) is 13.6 Å². The molecule has 0 heterocycles. The highest BCUT2D eigenvalue weighted by Gasteiger charge is 2.17. The van der Waals surface area contributed by atoms with Crippen LogP contribution in [0.25, 0.3) is 0 Å². The number of likely N-dealkylation sites (N-methyl/N-ethyl adjacent to an activating group) is 1. The van der Waals surface area contributed by atoms with Gasteiger partial charge in [-0.15, -0.1) is 0 Å². The van der Waals surface area contributed by atoms with Gasteiger partial charge in [0.2, 0.25) is 0 Å². The van der Waals surface area contributed by atoms with Gasteiger partial charge in [0.15, 0.2) is 0 Å². The van der Waals surface area contributed by atoms with E-state index in [0.717, 1.165) is 12.5 Å². The third kappa shape index (κ3) is 4.88. The number of benzene rings is 1. The Hall–Kier alpha value is -1.00. The molecular weight excluding hydrogens is 246 g/mol. The van der Waals surface area contributed by atoms with Gasteiger partial charge in [-0.05, 0) is 32.4 Å². The van der Waals surface area contributed by atoms with Crippen LogP contribution >= 0.6 is 0 Å². The average Bonchev–Trinajstić information content (AvgIpc) is 2.27. The van der Waals surface area contributed by atoms with Gasteiger partial charge in [-0.2, -0.15) is 0 Å². The minimum atomic E-state index is -0.574. The summed E-state index contributed by atoms with van der Waals surface area (Å²) < 4.78 is 26.5. The molecule has 0 aliphatic heterocycles. The van der Waals surface area contributed by atoms with Crippen LogP contribution in [0.1, 0.15) is 38.8 Å². The van der Waals surface area contributed by atoms with E-state index in [0.29, 0.717) is 24.1 Å². The van der Waals surface area contributed by atoms with Crippen LogP contribution in [0.5, 0.6) is 0 Å². The number of halogens is 2. The zero-order valence-corrected chi connectivity index (χ0v) is 12.2. The van der Waals surface area contributed by atoms with Crippen LogP contribution in [-0.4, -0.2) is 24.5 Å². The minimum Gasteiger partial charge on any atom is -0.323 e. The summed E-state index contributed by atoms with van der Waals surface area (Å²) in [6, 6.07) is 3.49. The van der Waals surface area contributed by atoms with Gasteiger partial charge in [-0.25, -0.2) is 8.78 Å². The van der Waals surface area contributed by atoms with Crippen LogP contribution < -0.4 is 5.73 Å². The number of rotatable bonds is 6. The second-order valence-electron chi connectivity index (χ2n) is 5.69. The largest absolute Gasteiger partial charge is 0.323 e. The van der Waals surface area contributed by atoms with E-state index in [9.17, 15) is 8.78 Å². The molecule has 0 saturated carbocycles. The average molecular weight is 270 g/mol. The van der Waals surface area contributed by atoms with E-state index in [1.807, 2.05) is 7.05 Å². The number of hydrogen-bond acceptors (Lipinski definition) is 2. The molecule has 19 heavy (non-hydrogen) atoms. The predicted octanol–water partition coefficient (Wildman–Crippen LogP) is 3.33. The van der Waals surface area contributed by atoms with Crippen molar-refractivity contribution < 1.29 is 8.78 Å². The van der Waals surface area contributed by atoms with Crippen molar-refractivity contribution in [2.45, 2.75) is 39.3 Å². The molecule has 1 rings (SSSR count). The summed E-state index contributed by atoms with van der Waals surface area (Å²) in [5, 5.41) is 0. The van der Waals surface area contributed by atoms with Gasteiger partial charge in [0.25, 0.3) is 0 Å². The van der Waals surface area contributed by atoms with Crippen molar-refractivity contribution in [3.05, 3.63) is 35.4 Å². The fourth-order valence-corrected chi connectivity index (χ4v) is 2.25. The lowest BCUT2D eigenvalue weighted by Crippen LogP contribution is -2.36. The smallest absolute Gasteiger partial charge is 0.130 e. The van der Waals surface area contributed by atoms with Crippen LogP contribution in [0.3, 0.4) is 0 Å². The molecule has 0 bridgehead atoms. The number of nitrogens with two attached hydrogens (primary N) is 1. The highest BCUT2D eigenvalue weighted by atomic mass is 19.1. The third-order valence-electron chi connectivity index (χ3n) is 3.41. The molecule has 0 fully saturated rings. The maximum atomic E-state index is 13.6. The summed E-state index contributed by atoms with van der Waals surface area (Å²) in [4.78, 5) is 2.12. The van der Waals surface area contributed by atoms with E-state index < -0.39 is 17.7 Å². The Morgan fingerprint density at radius 2 is 1.84 bits per heavy atom. The Morgan fingerprint density at radius 3 is 2.37 bits per heavy atom. The molecule has 0 amide bonds. The van der Waals surface area contributed by atoms with E-state index >= 15 is 0 Å². The van der Waals surface area contributed by atoms with E-state index in [1.54, 1.807) is 0 Å². The van der Waals surface area contributed by atoms with Gasteiger partial charge in [-0.1, -0.05) is 19.9 Å². The summed E-state index contributed by atoms with van der Waals surface area (Å²) in [7, 11) is 1.98. The molecule has 1 aromatic carbocycles. The molecule has 0 spiro atoms. The number of nitrogens with zero attached hydrogens (tertiary/aromatic N) is 1. The summed E-state index contributed by atoms with van der Waals surface area (Å²) in [5.41, 5.74) is 6.38. The molecule has 0 aliphatic carbocycles. The quantitative estimate of drug-likeness (QED) is 0.859. The van der Waals surface area contributed by atoms with Crippen LogP contribution in [0, 0.1) is 17.6 Å². The van der Waals surface area contributed by atoms with Crippen molar-refractivity contribution in [2.24, 2.45) is 11.7 Å². The lowest BCUT2D eigenvalue weighted by molar-refractivity contribution is 0.215. The topological polar surface area (TPSA) is 29.3 Å². The zero-order valence-electron chi connectivity index (χ0n) is 12.2. The summed E-state index contributed by atoms with van der Waals surface area (Å²) in [6.07, 6.45) is 1.06. The molecule has 2 atom stereocenters. The highest BCUT2D eigenvalue weighted by Crippen LogP contribution is 2.19. The van der Waals surface area contributed by atoms with Gasteiger partial charge in [0, 0.05) is 30.3 Å². The highest BCUT2D eigenvalue weighted by molar-refractivity contribution is 5.22. The summed E-state index contributed by atoms with van der Waals surface area (Å²) in [6.45, 7) is 7.03. The summed E-state index contributed by atoms with van der Waals surface area (Å²) in [5.74, 6) is -0.538. The van der Waals surface area contributed by atoms with Crippen LogP contribution in [0.4, 0.5) is 8.78 Å². The second-order valence-corrected chi connectivity index (χ2v) is 5.69. The first-order valence-corrected chi connectivity index (χ1v) is 6.72. The first kappa shape index (κ1) is 16.1. The predicted molar refractivity (Wildman–Crippen MR) is 74.8 cm³/mol. The van der Waals surface area contributed by atoms with E-state index in [2.05, 4.69) is 25.7 Å². The van der Waals surface area contributed by atoms with E-state index in [4.69, 9.17) is 5.73 Å². The third-order valence-corrected chi connectivity index (χ3v) is 3.41. The van der Waals surface area contributed by atoms with Crippen molar-refractivity contribution in [1.29, 1.82) is 0 Å². The summed E-state index contributed by atoms with van der Waals surface area (Å²) >= 11 is 0. The zero-order chi connectivity index (χ0) is 14.6. The Bertz CT molecular complexity index is 407. The Morgan fingerprint density at radius 1 is 1.21 bits per heavy atom. The van der Waals surface area contributed by atoms with Crippen LogP contribution in [0.15, 0.2) is 18.2 Å². The van der Waals surface area contributed by atoms with Gasteiger partial charge < -0.3 is 10.6 Å². The SMILES string of the molecule is CC(C)CC(C)N(C)CC(N)c1ccc(F)cc1F. The Labute approximate surface area is 114 Å². The first-order chi connectivity index (χ1) is 8.81. The maximum Gasteiger partial charge on any atom is 0.130 e. The molecule has 1 aromatic rings. The first-order valence-electron chi connectivity index (χ1n) is 6.72. The molecule has 2 N–H and O–H groups in total. The van der Waals surface area contributed by atoms with Crippen molar-refractivity contribution in [3.63, 3.8) is 0 Å². The molecule has 0 aliphatic rings. The minimum absolute atomic E-state index is 0.366. The van der Waals surface area contributed by atoms with Crippen molar-refractivity contribution >= 4 is 0 Å². The lowest BCUT2D eigenvalue weighted by Gasteiger charge is -2.28. The van der Waals surface area contributed by atoms with Crippen molar-refractivity contribution in [3.8, 4) is 0 Å². The second kappa shape index (κ2) is 6.96. The lowest BCUT2D eigenvalue weighted by atomic mass is 10.0. The normalized spacial score (nSPS) is 15.0. The maximum absolute atomic E-state index is 13.6. The number of hydrogen-bond donors (Lipinski definition) is 1. The van der Waals surface area contributed by atoms with E-state index in [-0.39, 0.29) is 0 Å². The van der Waals surface area contributed by atoms with E-state index in [1.165, 1.54) is 12.1 Å². The van der Waals surface area contributed by atoms with Gasteiger partial charge >= 0.3 is 0 Å². The Kier molecular flexibility index (Phi) is 5.88. The molecule has 4 heteroatoms. The monoisotopic (exact) mass is 270 g/mol. The van der Waals surface area contributed by atoms with Crippen molar-refractivity contribution in [1.82, 2.24) is 4.90 Å². The van der Waals surface area contributed by atoms with Crippen LogP contribution in [0.2, 0.25) is 0 Å².